The van der Waals surface area contributed by atoms with Gasteiger partial charge in [0.15, 0.2) is 0 Å². The van der Waals surface area contributed by atoms with Crippen LogP contribution in [-0.2, 0) is 4.79 Å². The van der Waals surface area contributed by atoms with E-state index in [2.05, 4.69) is 45.6 Å². The van der Waals surface area contributed by atoms with Crippen LogP contribution in [0.4, 0.5) is 0 Å². The first-order valence-electron chi connectivity index (χ1n) is 8.13. The molecule has 1 unspecified atom stereocenters. The summed E-state index contributed by atoms with van der Waals surface area (Å²) in [6.45, 7) is 10.6. The first-order chi connectivity index (χ1) is 10.0. The van der Waals surface area contributed by atoms with Crippen molar-refractivity contribution in [2.45, 2.75) is 65.7 Å². The van der Waals surface area contributed by atoms with Crippen LogP contribution in [0.2, 0.25) is 0 Å². The standard InChI is InChI=1S/C20H30O/c1-16-7-5-9-17(2)11-13-20(19(4)15-21)14-12-18(3)10-6-8-16/h7,10-11,15,20H,4-6,8-9,12-14H2,1-3H3/b16-7+,17-11+,18-10+. The zero-order chi connectivity index (χ0) is 15.7. The number of carbonyl (C=O) groups excluding carboxylic acids is 1. The normalized spacial score (nSPS) is 29.9. The van der Waals surface area contributed by atoms with Gasteiger partial charge in [-0.3, -0.25) is 4.79 Å². The Morgan fingerprint density at radius 2 is 1.52 bits per heavy atom. The summed E-state index contributed by atoms with van der Waals surface area (Å²) in [6.07, 6.45) is 15.5. The number of allylic oxidation sites excluding steroid dienone is 7. The molecule has 21 heavy (non-hydrogen) atoms. The van der Waals surface area contributed by atoms with Crippen LogP contribution in [0, 0.1) is 5.92 Å². The fraction of sp³-hybridized carbons (Fsp3) is 0.550. The summed E-state index contributed by atoms with van der Waals surface area (Å²) in [5.41, 5.74) is 5.10. The Morgan fingerprint density at radius 1 is 1.00 bits per heavy atom. The molecule has 0 aromatic heterocycles. The van der Waals surface area contributed by atoms with Crippen LogP contribution >= 0.6 is 0 Å². The molecule has 1 aliphatic carbocycles. The van der Waals surface area contributed by atoms with Gasteiger partial charge in [0.2, 0.25) is 0 Å². The molecular weight excluding hydrogens is 256 g/mol. The summed E-state index contributed by atoms with van der Waals surface area (Å²) in [7, 11) is 0. The molecule has 1 rings (SSSR count). The molecule has 0 aromatic carbocycles. The Kier molecular flexibility index (Phi) is 8.04. The molecule has 0 saturated carbocycles. The van der Waals surface area contributed by atoms with E-state index in [1.807, 2.05) is 0 Å². The first kappa shape index (κ1) is 17.7. The van der Waals surface area contributed by atoms with Gasteiger partial charge in [0.25, 0.3) is 0 Å². The van der Waals surface area contributed by atoms with E-state index in [0.717, 1.165) is 56.8 Å². The molecule has 0 amide bonds. The van der Waals surface area contributed by atoms with Crippen molar-refractivity contribution in [3.05, 3.63) is 47.1 Å². The summed E-state index contributed by atoms with van der Waals surface area (Å²) in [6, 6.07) is 0. The Labute approximate surface area is 130 Å². The topological polar surface area (TPSA) is 17.1 Å². The molecule has 0 aliphatic heterocycles. The zero-order valence-electron chi connectivity index (χ0n) is 14.0. The van der Waals surface area contributed by atoms with E-state index >= 15 is 0 Å². The van der Waals surface area contributed by atoms with Crippen LogP contribution in [-0.4, -0.2) is 6.29 Å². The van der Waals surface area contributed by atoms with Gasteiger partial charge in [-0.25, -0.2) is 0 Å². The maximum Gasteiger partial charge on any atom is 0.145 e. The van der Waals surface area contributed by atoms with Crippen molar-refractivity contribution in [3.63, 3.8) is 0 Å². The lowest BCUT2D eigenvalue weighted by Gasteiger charge is -2.15. The van der Waals surface area contributed by atoms with Crippen molar-refractivity contribution in [1.29, 1.82) is 0 Å². The van der Waals surface area contributed by atoms with Crippen molar-refractivity contribution >= 4 is 6.29 Å². The summed E-state index contributed by atoms with van der Waals surface area (Å²) in [5, 5.41) is 0. The third-order valence-electron chi connectivity index (χ3n) is 4.38. The predicted molar refractivity (Wildman–Crippen MR) is 92.3 cm³/mol. The van der Waals surface area contributed by atoms with Crippen LogP contribution < -0.4 is 0 Å². The summed E-state index contributed by atoms with van der Waals surface area (Å²) in [5.74, 6) is 0.293. The molecule has 0 spiro atoms. The highest BCUT2D eigenvalue weighted by Crippen LogP contribution is 2.24. The Balaban J connectivity index is 2.82. The largest absolute Gasteiger partial charge is 0.298 e. The third kappa shape index (κ3) is 7.27. The summed E-state index contributed by atoms with van der Waals surface area (Å²) in [4.78, 5) is 11.0. The monoisotopic (exact) mass is 286 g/mol. The van der Waals surface area contributed by atoms with Gasteiger partial charge < -0.3 is 0 Å². The summed E-state index contributed by atoms with van der Waals surface area (Å²) >= 11 is 0. The minimum Gasteiger partial charge on any atom is -0.298 e. The fourth-order valence-electron chi connectivity index (χ4n) is 2.69. The molecule has 0 radical (unpaired) electrons. The Morgan fingerprint density at radius 3 is 2.10 bits per heavy atom. The number of hydrogen-bond donors (Lipinski definition) is 0. The van der Waals surface area contributed by atoms with Crippen LogP contribution in [0.5, 0.6) is 0 Å². The maximum absolute atomic E-state index is 11.0. The highest BCUT2D eigenvalue weighted by molar-refractivity contribution is 5.72. The highest BCUT2D eigenvalue weighted by atomic mass is 16.1. The zero-order valence-corrected chi connectivity index (χ0v) is 14.0. The van der Waals surface area contributed by atoms with Crippen LogP contribution in [0.15, 0.2) is 47.1 Å². The molecule has 1 nitrogen and oxygen atoms in total. The van der Waals surface area contributed by atoms with E-state index < -0.39 is 0 Å². The minimum atomic E-state index is 0.293. The van der Waals surface area contributed by atoms with E-state index in [1.54, 1.807) is 0 Å². The lowest BCUT2D eigenvalue weighted by Crippen LogP contribution is -2.04. The lowest BCUT2D eigenvalue weighted by atomic mass is 9.89. The van der Waals surface area contributed by atoms with E-state index in [-0.39, 0.29) is 0 Å². The van der Waals surface area contributed by atoms with Gasteiger partial charge in [-0.1, -0.05) is 41.5 Å². The van der Waals surface area contributed by atoms with E-state index in [1.165, 1.54) is 16.7 Å². The molecule has 0 bridgehead atoms. The smallest absolute Gasteiger partial charge is 0.145 e. The van der Waals surface area contributed by atoms with Gasteiger partial charge in [0.05, 0.1) is 0 Å². The third-order valence-corrected chi connectivity index (χ3v) is 4.38. The van der Waals surface area contributed by atoms with Crippen LogP contribution in [0.3, 0.4) is 0 Å². The van der Waals surface area contributed by atoms with Gasteiger partial charge in [0.1, 0.15) is 6.29 Å². The molecule has 116 valence electrons. The van der Waals surface area contributed by atoms with Gasteiger partial charge in [-0.2, -0.15) is 0 Å². The number of carbonyl (C=O) groups is 1. The first-order valence-corrected chi connectivity index (χ1v) is 8.13. The van der Waals surface area contributed by atoms with Crippen molar-refractivity contribution < 1.29 is 4.79 Å². The number of rotatable bonds is 2. The quantitative estimate of drug-likeness (QED) is 0.349. The molecule has 0 N–H and O–H groups in total. The van der Waals surface area contributed by atoms with Crippen molar-refractivity contribution in [2.75, 3.05) is 0 Å². The average molecular weight is 286 g/mol. The molecule has 1 heteroatoms. The molecule has 1 aliphatic rings. The second-order valence-corrected chi connectivity index (χ2v) is 6.39. The maximum atomic E-state index is 11.0. The average Bonchev–Trinajstić information content (AvgIpc) is 2.45. The van der Waals surface area contributed by atoms with Crippen molar-refractivity contribution in [1.82, 2.24) is 0 Å². The van der Waals surface area contributed by atoms with E-state index in [9.17, 15) is 4.79 Å². The predicted octanol–water partition coefficient (Wildman–Crippen LogP) is 5.94. The lowest BCUT2D eigenvalue weighted by molar-refractivity contribution is -0.105. The molecule has 0 heterocycles. The van der Waals surface area contributed by atoms with Gasteiger partial charge in [0, 0.05) is 0 Å². The fourth-order valence-corrected chi connectivity index (χ4v) is 2.69. The van der Waals surface area contributed by atoms with Gasteiger partial charge in [-0.15, -0.1) is 0 Å². The van der Waals surface area contributed by atoms with E-state index in [0.29, 0.717) is 5.92 Å². The highest BCUT2D eigenvalue weighted by Gasteiger charge is 2.11. The Bertz CT molecular complexity index is 448. The second kappa shape index (κ2) is 9.55. The van der Waals surface area contributed by atoms with E-state index in [4.69, 9.17) is 0 Å². The van der Waals surface area contributed by atoms with Crippen molar-refractivity contribution in [2.24, 2.45) is 5.92 Å². The minimum absolute atomic E-state index is 0.293. The Hall–Kier alpha value is -1.37. The molecule has 0 fully saturated rings. The number of hydrogen-bond acceptors (Lipinski definition) is 1. The van der Waals surface area contributed by atoms with Crippen molar-refractivity contribution in [3.8, 4) is 0 Å². The summed E-state index contributed by atoms with van der Waals surface area (Å²) < 4.78 is 0. The van der Waals surface area contributed by atoms with Gasteiger partial charge >= 0.3 is 0 Å². The molecule has 1 atom stereocenters. The molecule has 0 aromatic rings. The molecule has 0 saturated heterocycles. The number of aldehydes is 1. The van der Waals surface area contributed by atoms with Crippen LogP contribution in [0.1, 0.15) is 65.7 Å². The van der Waals surface area contributed by atoms with Crippen LogP contribution in [0.25, 0.3) is 0 Å². The molecular formula is C20H30O. The van der Waals surface area contributed by atoms with Gasteiger partial charge in [-0.05, 0) is 77.2 Å². The SMILES string of the molecule is C=C(C=O)C1C/C=C(\C)CC/C=C(\C)CC/C=C(\C)CC1. The second-order valence-electron chi connectivity index (χ2n) is 6.39.